The molecule has 0 fully saturated rings. The Kier molecular flexibility index (Phi) is 2.56. The van der Waals surface area contributed by atoms with E-state index in [1.54, 1.807) is 17.8 Å². The van der Waals surface area contributed by atoms with Crippen molar-refractivity contribution in [1.82, 2.24) is 0 Å². The van der Waals surface area contributed by atoms with E-state index in [2.05, 4.69) is 18.0 Å². The summed E-state index contributed by atoms with van der Waals surface area (Å²) in [5, 5.41) is 13.7. The molecule has 86 valence electrons. The van der Waals surface area contributed by atoms with E-state index in [9.17, 15) is 5.11 Å². The molecule has 0 saturated heterocycles. The quantitative estimate of drug-likeness (QED) is 0.832. The predicted molar refractivity (Wildman–Crippen MR) is 74.1 cm³/mol. The average Bonchev–Trinajstić information content (AvgIpc) is 2.75. The van der Waals surface area contributed by atoms with Crippen LogP contribution in [0.2, 0.25) is 0 Å². The standard InChI is InChI=1S/C14H13NOS/c1-9-8-15-14(17-9)13-11-5-3-2-4-10(11)6-7-12(13)16/h2-7,9,16H,8H2,1H3/t9-/m0/s1. The molecule has 3 rings (SSSR count). The second-order valence-electron chi connectivity index (χ2n) is 4.26. The lowest BCUT2D eigenvalue weighted by Crippen LogP contribution is -1.97. The number of thioether (sulfide) groups is 1. The Balaban J connectivity index is 2.24. The van der Waals surface area contributed by atoms with Crippen molar-refractivity contribution in [2.75, 3.05) is 6.54 Å². The number of benzene rings is 2. The van der Waals surface area contributed by atoms with Gasteiger partial charge in [-0.15, -0.1) is 11.8 Å². The highest BCUT2D eigenvalue weighted by Crippen LogP contribution is 2.34. The summed E-state index contributed by atoms with van der Waals surface area (Å²) in [7, 11) is 0. The van der Waals surface area contributed by atoms with E-state index in [0.717, 1.165) is 27.9 Å². The summed E-state index contributed by atoms with van der Waals surface area (Å²) in [6, 6.07) is 11.8. The van der Waals surface area contributed by atoms with E-state index in [4.69, 9.17) is 0 Å². The first-order valence-corrected chi connectivity index (χ1v) is 6.56. The molecule has 0 unspecified atom stereocenters. The molecular weight excluding hydrogens is 230 g/mol. The van der Waals surface area contributed by atoms with Crippen molar-refractivity contribution in [3.05, 3.63) is 42.0 Å². The van der Waals surface area contributed by atoms with Crippen LogP contribution in [0.25, 0.3) is 10.8 Å². The highest BCUT2D eigenvalue weighted by Gasteiger charge is 2.20. The molecule has 0 saturated carbocycles. The summed E-state index contributed by atoms with van der Waals surface area (Å²) in [6.45, 7) is 2.99. The van der Waals surface area contributed by atoms with E-state index in [1.165, 1.54) is 0 Å². The Morgan fingerprint density at radius 3 is 2.82 bits per heavy atom. The van der Waals surface area contributed by atoms with Crippen LogP contribution in [0.1, 0.15) is 12.5 Å². The zero-order chi connectivity index (χ0) is 11.8. The molecule has 2 aromatic carbocycles. The van der Waals surface area contributed by atoms with Crippen LogP contribution in [-0.2, 0) is 0 Å². The number of hydrogen-bond donors (Lipinski definition) is 1. The monoisotopic (exact) mass is 243 g/mol. The number of aromatic hydroxyl groups is 1. The minimum atomic E-state index is 0.323. The average molecular weight is 243 g/mol. The van der Waals surface area contributed by atoms with Crippen molar-refractivity contribution >= 4 is 27.6 Å². The van der Waals surface area contributed by atoms with Gasteiger partial charge in [0, 0.05) is 5.25 Å². The number of rotatable bonds is 1. The molecule has 0 spiro atoms. The smallest absolute Gasteiger partial charge is 0.126 e. The van der Waals surface area contributed by atoms with Crippen LogP contribution in [0, 0.1) is 0 Å². The zero-order valence-electron chi connectivity index (χ0n) is 9.55. The Hall–Kier alpha value is -1.48. The van der Waals surface area contributed by atoms with Gasteiger partial charge >= 0.3 is 0 Å². The number of hydrogen-bond acceptors (Lipinski definition) is 3. The lowest BCUT2D eigenvalue weighted by molar-refractivity contribution is 0.475. The third-order valence-corrected chi connectivity index (χ3v) is 4.03. The number of fused-ring (bicyclic) bond motifs is 1. The summed E-state index contributed by atoms with van der Waals surface area (Å²) < 4.78 is 0. The minimum Gasteiger partial charge on any atom is -0.507 e. The molecular formula is C14H13NOS. The van der Waals surface area contributed by atoms with Gasteiger partial charge in [0.1, 0.15) is 10.8 Å². The van der Waals surface area contributed by atoms with Gasteiger partial charge in [-0.2, -0.15) is 0 Å². The lowest BCUT2D eigenvalue weighted by Gasteiger charge is -2.09. The van der Waals surface area contributed by atoms with Crippen molar-refractivity contribution < 1.29 is 5.11 Å². The van der Waals surface area contributed by atoms with Crippen molar-refractivity contribution in [1.29, 1.82) is 0 Å². The molecule has 2 nitrogen and oxygen atoms in total. The van der Waals surface area contributed by atoms with Crippen LogP contribution in [0.15, 0.2) is 41.4 Å². The van der Waals surface area contributed by atoms with Crippen LogP contribution in [0.4, 0.5) is 0 Å². The van der Waals surface area contributed by atoms with Gasteiger partial charge in [-0.1, -0.05) is 37.3 Å². The topological polar surface area (TPSA) is 32.6 Å². The third kappa shape index (κ3) is 1.80. The molecule has 1 N–H and O–H groups in total. The van der Waals surface area contributed by atoms with Crippen LogP contribution < -0.4 is 0 Å². The van der Waals surface area contributed by atoms with E-state index in [1.807, 2.05) is 24.3 Å². The second-order valence-corrected chi connectivity index (χ2v) is 5.68. The third-order valence-electron chi connectivity index (χ3n) is 2.93. The molecule has 0 radical (unpaired) electrons. The molecule has 1 heterocycles. The molecule has 17 heavy (non-hydrogen) atoms. The fourth-order valence-electron chi connectivity index (χ4n) is 2.10. The maximum absolute atomic E-state index is 10.1. The summed E-state index contributed by atoms with van der Waals surface area (Å²) in [5.41, 5.74) is 0.887. The highest BCUT2D eigenvalue weighted by molar-refractivity contribution is 8.15. The van der Waals surface area contributed by atoms with Gasteiger partial charge in [0.25, 0.3) is 0 Å². The predicted octanol–water partition coefficient (Wildman–Crippen LogP) is 3.43. The molecule has 0 amide bonds. The SMILES string of the molecule is C[C@H]1CN=C(c2c(O)ccc3ccccc23)S1. The maximum Gasteiger partial charge on any atom is 0.126 e. The molecule has 1 aliphatic heterocycles. The molecule has 3 heteroatoms. The molecule has 2 aromatic rings. The van der Waals surface area contributed by atoms with Crippen molar-refractivity contribution in [3.8, 4) is 5.75 Å². The van der Waals surface area contributed by atoms with Gasteiger partial charge in [-0.05, 0) is 16.8 Å². The summed E-state index contributed by atoms with van der Waals surface area (Å²) in [5.74, 6) is 0.323. The Labute approximate surface area is 104 Å². The van der Waals surface area contributed by atoms with Crippen molar-refractivity contribution in [2.24, 2.45) is 4.99 Å². The van der Waals surface area contributed by atoms with Gasteiger partial charge in [-0.3, -0.25) is 4.99 Å². The number of aliphatic imine (C=N–C) groups is 1. The van der Waals surface area contributed by atoms with Crippen LogP contribution in [0.3, 0.4) is 0 Å². The zero-order valence-corrected chi connectivity index (χ0v) is 10.4. The summed E-state index contributed by atoms with van der Waals surface area (Å²) >= 11 is 1.74. The summed E-state index contributed by atoms with van der Waals surface area (Å²) in [4.78, 5) is 4.52. The van der Waals surface area contributed by atoms with Crippen molar-refractivity contribution in [2.45, 2.75) is 12.2 Å². The number of phenolic OH excluding ortho intramolecular Hbond substituents is 1. The molecule has 0 bridgehead atoms. The Morgan fingerprint density at radius 2 is 2.06 bits per heavy atom. The molecule has 0 aromatic heterocycles. The maximum atomic E-state index is 10.1. The lowest BCUT2D eigenvalue weighted by atomic mass is 10.0. The first kappa shape index (κ1) is 10.7. The van der Waals surface area contributed by atoms with Gasteiger partial charge in [0.2, 0.25) is 0 Å². The largest absolute Gasteiger partial charge is 0.507 e. The van der Waals surface area contributed by atoms with E-state index in [-0.39, 0.29) is 0 Å². The molecule has 0 aliphatic carbocycles. The number of phenols is 1. The van der Waals surface area contributed by atoms with Gasteiger partial charge in [-0.25, -0.2) is 0 Å². The van der Waals surface area contributed by atoms with Gasteiger partial charge in [0.05, 0.1) is 12.1 Å². The first-order valence-electron chi connectivity index (χ1n) is 5.68. The van der Waals surface area contributed by atoms with E-state index in [0.29, 0.717) is 11.0 Å². The van der Waals surface area contributed by atoms with Crippen LogP contribution >= 0.6 is 11.8 Å². The summed E-state index contributed by atoms with van der Waals surface area (Å²) in [6.07, 6.45) is 0. The van der Waals surface area contributed by atoms with Crippen molar-refractivity contribution in [3.63, 3.8) is 0 Å². The fraction of sp³-hybridized carbons (Fsp3) is 0.214. The van der Waals surface area contributed by atoms with Gasteiger partial charge in [0.15, 0.2) is 0 Å². The van der Waals surface area contributed by atoms with Gasteiger partial charge < -0.3 is 5.11 Å². The minimum absolute atomic E-state index is 0.323. The van der Waals surface area contributed by atoms with Crippen LogP contribution in [-0.4, -0.2) is 21.9 Å². The molecule has 1 aliphatic rings. The van der Waals surface area contributed by atoms with E-state index < -0.39 is 0 Å². The normalized spacial score (nSPS) is 19.6. The van der Waals surface area contributed by atoms with E-state index >= 15 is 0 Å². The Bertz CT molecular complexity index is 606. The second kappa shape index (κ2) is 4.08. The highest BCUT2D eigenvalue weighted by atomic mass is 32.2. The van der Waals surface area contributed by atoms with Crippen LogP contribution in [0.5, 0.6) is 5.75 Å². The first-order chi connectivity index (χ1) is 8.25. The molecule has 1 atom stereocenters. The fourth-order valence-corrected chi connectivity index (χ4v) is 3.11. The number of nitrogens with zero attached hydrogens (tertiary/aromatic N) is 1. The Morgan fingerprint density at radius 1 is 1.24 bits per heavy atom.